The standard InChI is InChI=1S/C14H11ClN4O2/c15-11-8-19-7-6-16-13(19)12(17-11)18-14(20)21-9-10-4-2-1-3-5-10/h1-8H,9H2,(H,17,18,20). The third-order valence-electron chi connectivity index (χ3n) is 2.78. The number of rotatable bonds is 3. The maximum Gasteiger partial charge on any atom is 0.413 e. The van der Waals surface area contributed by atoms with E-state index in [1.54, 1.807) is 23.0 Å². The first kappa shape index (κ1) is 13.4. The summed E-state index contributed by atoms with van der Waals surface area (Å²) in [4.78, 5) is 20.0. The lowest BCUT2D eigenvalue weighted by atomic mass is 10.2. The number of hydrogen-bond donors (Lipinski definition) is 1. The number of hydrogen-bond acceptors (Lipinski definition) is 4. The number of amides is 1. The fourth-order valence-electron chi connectivity index (χ4n) is 1.84. The molecule has 21 heavy (non-hydrogen) atoms. The molecule has 1 N–H and O–H groups in total. The Hall–Kier alpha value is -2.60. The number of ether oxygens (including phenoxy) is 1. The molecular weight excluding hydrogens is 292 g/mol. The SMILES string of the molecule is O=C(Nc1nc(Cl)cn2ccnc12)OCc1ccccc1. The molecule has 0 aliphatic rings. The molecule has 0 saturated carbocycles. The number of aromatic nitrogens is 3. The van der Waals surface area contributed by atoms with Gasteiger partial charge in [0.1, 0.15) is 11.8 Å². The minimum absolute atomic E-state index is 0.179. The van der Waals surface area contributed by atoms with E-state index >= 15 is 0 Å². The topological polar surface area (TPSA) is 68.5 Å². The van der Waals surface area contributed by atoms with E-state index in [1.165, 1.54) is 0 Å². The summed E-state index contributed by atoms with van der Waals surface area (Å²) < 4.78 is 6.80. The van der Waals surface area contributed by atoms with Gasteiger partial charge in [-0.3, -0.25) is 5.32 Å². The molecule has 0 bridgehead atoms. The smallest absolute Gasteiger partial charge is 0.413 e. The van der Waals surface area contributed by atoms with Gasteiger partial charge in [-0.05, 0) is 5.56 Å². The van der Waals surface area contributed by atoms with E-state index in [-0.39, 0.29) is 17.6 Å². The van der Waals surface area contributed by atoms with Crippen LogP contribution < -0.4 is 5.32 Å². The number of nitrogens with one attached hydrogen (secondary N) is 1. The Kier molecular flexibility index (Phi) is 3.70. The van der Waals surface area contributed by atoms with Crippen LogP contribution in [0.1, 0.15) is 5.56 Å². The zero-order valence-corrected chi connectivity index (χ0v) is 11.6. The number of anilines is 1. The Morgan fingerprint density at radius 3 is 2.95 bits per heavy atom. The van der Waals surface area contributed by atoms with E-state index in [1.807, 2.05) is 30.3 Å². The Bertz CT molecular complexity index is 773. The normalized spacial score (nSPS) is 10.5. The first-order valence-electron chi connectivity index (χ1n) is 6.19. The van der Waals surface area contributed by atoms with Crippen molar-refractivity contribution in [2.75, 3.05) is 5.32 Å². The number of carbonyl (C=O) groups is 1. The molecule has 0 atom stereocenters. The second-order valence-electron chi connectivity index (χ2n) is 4.26. The van der Waals surface area contributed by atoms with Crippen LogP contribution in [0.3, 0.4) is 0 Å². The van der Waals surface area contributed by atoms with Gasteiger partial charge < -0.3 is 9.14 Å². The van der Waals surface area contributed by atoms with Crippen LogP contribution in [0.5, 0.6) is 0 Å². The number of halogens is 1. The van der Waals surface area contributed by atoms with Crippen molar-refractivity contribution in [2.45, 2.75) is 6.61 Å². The fourth-order valence-corrected chi connectivity index (χ4v) is 2.03. The highest BCUT2D eigenvalue weighted by Gasteiger charge is 2.11. The zero-order valence-electron chi connectivity index (χ0n) is 10.9. The molecule has 0 spiro atoms. The Morgan fingerprint density at radius 1 is 1.33 bits per heavy atom. The molecule has 106 valence electrons. The van der Waals surface area contributed by atoms with Crippen LogP contribution in [-0.4, -0.2) is 20.5 Å². The summed E-state index contributed by atoms with van der Waals surface area (Å²) in [5.74, 6) is 0.255. The van der Waals surface area contributed by atoms with Crippen molar-refractivity contribution in [1.29, 1.82) is 0 Å². The van der Waals surface area contributed by atoms with Crippen molar-refractivity contribution in [3.05, 3.63) is 59.6 Å². The van der Waals surface area contributed by atoms with Crippen LogP contribution in [-0.2, 0) is 11.3 Å². The van der Waals surface area contributed by atoms with Crippen molar-refractivity contribution >= 4 is 29.2 Å². The van der Waals surface area contributed by atoms with E-state index in [0.717, 1.165) is 5.56 Å². The van der Waals surface area contributed by atoms with Gasteiger partial charge in [0.15, 0.2) is 11.5 Å². The molecule has 2 heterocycles. The molecule has 0 saturated heterocycles. The highest BCUT2D eigenvalue weighted by atomic mass is 35.5. The summed E-state index contributed by atoms with van der Waals surface area (Å²) in [6.45, 7) is 0.179. The van der Waals surface area contributed by atoms with Crippen LogP contribution in [0.4, 0.5) is 10.6 Å². The highest BCUT2D eigenvalue weighted by Crippen LogP contribution is 2.16. The lowest BCUT2D eigenvalue weighted by molar-refractivity contribution is 0.155. The first-order valence-corrected chi connectivity index (χ1v) is 6.57. The van der Waals surface area contributed by atoms with Crippen molar-refractivity contribution in [2.24, 2.45) is 0 Å². The van der Waals surface area contributed by atoms with Crippen LogP contribution in [0.2, 0.25) is 5.15 Å². The summed E-state index contributed by atoms with van der Waals surface area (Å²) in [7, 11) is 0. The number of imidazole rings is 1. The van der Waals surface area contributed by atoms with E-state index in [4.69, 9.17) is 16.3 Å². The van der Waals surface area contributed by atoms with Gasteiger partial charge in [0.2, 0.25) is 0 Å². The quantitative estimate of drug-likeness (QED) is 0.807. The summed E-state index contributed by atoms with van der Waals surface area (Å²) in [5, 5.41) is 2.79. The van der Waals surface area contributed by atoms with E-state index in [2.05, 4.69) is 15.3 Å². The van der Waals surface area contributed by atoms with Gasteiger partial charge in [-0.15, -0.1) is 0 Å². The first-order chi connectivity index (χ1) is 10.2. The second kappa shape index (κ2) is 5.80. The van der Waals surface area contributed by atoms with Crippen molar-refractivity contribution in [3.8, 4) is 0 Å². The lowest BCUT2D eigenvalue weighted by Crippen LogP contribution is -2.15. The fraction of sp³-hybridized carbons (Fsp3) is 0.0714. The number of fused-ring (bicyclic) bond motifs is 1. The molecule has 0 aliphatic heterocycles. The summed E-state index contributed by atoms with van der Waals surface area (Å²) >= 11 is 5.89. The third kappa shape index (κ3) is 3.11. The average Bonchev–Trinajstić information content (AvgIpc) is 2.94. The maximum absolute atomic E-state index is 11.8. The van der Waals surface area contributed by atoms with Gasteiger partial charge in [0, 0.05) is 18.6 Å². The minimum atomic E-state index is -0.612. The molecule has 0 radical (unpaired) electrons. The second-order valence-corrected chi connectivity index (χ2v) is 4.64. The molecule has 0 unspecified atom stereocenters. The maximum atomic E-state index is 11.8. The molecule has 0 fully saturated rings. The van der Waals surface area contributed by atoms with Gasteiger partial charge in [-0.1, -0.05) is 41.9 Å². The summed E-state index contributed by atoms with van der Waals surface area (Å²) in [6.07, 6.45) is 4.29. The molecule has 3 rings (SSSR count). The molecule has 0 aliphatic carbocycles. The van der Waals surface area contributed by atoms with Crippen LogP contribution in [0, 0.1) is 0 Å². The molecule has 1 aromatic carbocycles. The van der Waals surface area contributed by atoms with Crippen molar-refractivity contribution in [3.63, 3.8) is 0 Å². The minimum Gasteiger partial charge on any atom is -0.444 e. The van der Waals surface area contributed by atoms with E-state index < -0.39 is 6.09 Å². The molecule has 3 aromatic rings. The summed E-state index contributed by atoms with van der Waals surface area (Å²) in [5.41, 5.74) is 1.40. The van der Waals surface area contributed by atoms with E-state index in [9.17, 15) is 4.79 Å². The largest absolute Gasteiger partial charge is 0.444 e. The van der Waals surface area contributed by atoms with Crippen molar-refractivity contribution < 1.29 is 9.53 Å². The van der Waals surface area contributed by atoms with Crippen LogP contribution in [0.15, 0.2) is 48.9 Å². The zero-order chi connectivity index (χ0) is 14.7. The Balaban J connectivity index is 1.70. The number of nitrogens with zero attached hydrogens (tertiary/aromatic N) is 3. The molecular formula is C14H11ClN4O2. The average molecular weight is 303 g/mol. The monoisotopic (exact) mass is 302 g/mol. The third-order valence-corrected chi connectivity index (χ3v) is 2.96. The number of carbonyl (C=O) groups excluding carboxylic acids is 1. The molecule has 7 heteroatoms. The van der Waals surface area contributed by atoms with Gasteiger partial charge >= 0.3 is 6.09 Å². The lowest BCUT2D eigenvalue weighted by Gasteiger charge is -2.07. The highest BCUT2D eigenvalue weighted by molar-refractivity contribution is 6.29. The van der Waals surface area contributed by atoms with Gasteiger partial charge in [-0.25, -0.2) is 14.8 Å². The van der Waals surface area contributed by atoms with Gasteiger partial charge in [0.25, 0.3) is 0 Å². The Labute approximate surface area is 125 Å². The van der Waals surface area contributed by atoms with Crippen molar-refractivity contribution in [1.82, 2.24) is 14.4 Å². The molecule has 6 nitrogen and oxygen atoms in total. The predicted molar refractivity (Wildman–Crippen MR) is 78.2 cm³/mol. The van der Waals surface area contributed by atoms with Crippen LogP contribution in [0.25, 0.3) is 5.65 Å². The van der Waals surface area contributed by atoms with Gasteiger partial charge in [-0.2, -0.15) is 0 Å². The Morgan fingerprint density at radius 2 is 2.14 bits per heavy atom. The molecule has 1 amide bonds. The number of benzene rings is 1. The summed E-state index contributed by atoms with van der Waals surface area (Å²) in [6, 6.07) is 9.40. The van der Waals surface area contributed by atoms with E-state index in [0.29, 0.717) is 5.65 Å². The van der Waals surface area contributed by atoms with Gasteiger partial charge in [0.05, 0.1) is 0 Å². The predicted octanol–water partition coefficient (Wildman–Crippen LogP) is 3.13. The molecule has 2 aromatic heterocycles. The van der Waals surface area contributed by atoms with Crippen LogP contribution >= 0.6 is 11.6 Å².